The molecule has 0 spiro atoms. The van der Waals surface area contributed by atoms with Crippen LogP contribution in [0.5, 0.6) is 11.5 Å². The Morgan fingerprint density at radius 1 is 0.619 bits per heavy atom. The van der Waals surface area contributed by atoms with Crippen LogP contribution in [0, 0.1) is 27.7 Å². The average Bonchev–Trinajstić information content (AvgIpc) is 2.89. The lowest BCUT2D eigenvalue weighted by Gasteiger charge is -2.26. The fraction of sp³-hybridized carbons (Fsp3) is 0.412. The fourth-order valence-corrected chi connectivity index (χ4v) is 6.62. The summed E-state index contributed by atoms with van der Waals surface area (Å²) in [6.45, 7) is 20.1. The quantitative estimate of drug-likeness (QED) is 0.225. The van der Waals surface area contributed by atoms with Crippen molar-refractivity contribution < 1.29 is 28.2 Å². The van der Waals surface area contributed by atoms with Gasteiger partial charge < -0.3 is 18.6 Å². The van der Waals surface area contributed by atoms with Crippen molar-refractivity contribution in [3.05, 3.63) is 91.0 Å². The van der Waals surface area contributed by atoms with Crippen LogP contribution in [0.4, 0.5) is 0 Å². The molecule has 224 valence electrons. The smallest absolute Gasteiger partial charge is 0.351 e. The first-order valence-electron chi connectivity index (χ1n) is 14.0. The number of phenols is 2. The summed E-state index contributed by atoms with van der Waals surface area (Å²) in [5.74, 6) is -0.629. The SMILES string of the molecule is Cc1cc(C(C)(C)C)c(O)c(C)c1Cc1c2ccc(c1Cc1c(C)cc(C(C)(C)C)c(O)c1C)C(=O)OSSOC2=O. The number of hydrogen-bond acceptors (Lipinski definition) is 8. The molecular weight excluding hydrogens is 569 g/mol. The number of benzene rings is 3. The maximum absolute atomic E-state index is 13.3. The molecule has 0 fully saturated rings. The molecule has 1 heterocycles. The molecule has 8 heteroatoms. The van der Waals surface area contributed by atoms with E-state index in [4.69, 9.17) is 8.37 Å². The molecule has 0 aromatic heterocycles. The molecule has 1 aliphatic heterocycles. The molecule has 0 saturated carbocycles. The van der Waals surface area contributed by atoms with Crippen LogP contribution < -0.4 is 0 Å². The van der Waals surface area contributed by atoms with Gasteiger partial charge in [0, 0.05) is 0 Å². The zero-order chi connectivity index (χ0) is 31.3. The molecule has 42 heavy (non-hydrogen) atoms. The van der Waals surface area contributed by atoms with E-state index in [-0.39, 0.29) is 22.3 Å². The maximum atomic E-state index is 13.3. The highest BCUT2D eigenvalue weighted by molar-refractivity contribution is 8.73. The van der Waals surface area contributed by atoms with E-state index >= 15 is 0 Å². The highest BCUT2D eigenvalue weighted by Crippen LogP contribution is 2.41. The average molecular weight is 609 g/mol. The highest BCUT2D eigenvalue weighted by Gasteiger charge is 2.30. The van der Waals surface area contributed by atoms with E-state index in [1.807, 2.05) is 39.8 Å². The van der Waals surface area contributed by atoms with Crippen LogP contribution in [0.25, 0.3) is 0 Å². The molecule has 1 aliphatic rings. The van der Waals surface area contributed by atoms with Gasteiger partial charge in [-0.05, 0) is 119 Å². The molecule has 4 rings (SSSR count). The summed E-state index contributed by atoms with van der Waals surface area (Å²) in [6, 6.07) is 7.23. The Bertz CT molecular complexity index is 1470. The van der Waals surface area contributed by atoms with Crippen molar-refractivity contribution in [1.29, 1.82) is 0 Å². The summed E-state index contributed by atoms with van der Waals surface area (Å²) >= 11 is 1.40. The Hall–Kier alpha value is -3.10. The van der Waals surface area contributed by atoms with Crippen LogP contribution in [-0.2, 0) is 32.0 Å². The summed E-state index contributed by atoms with van der Waals surface area (Å²) in [4.78, 5) is 26.6. The van der Waals surface area contributed by atoms with Gasteiger partial charge in [-0.2, -0.15) is 0 Å². The Morgan fingerprint density at radius 3 is 1.26 bits per heavy atom. The summed E-state index contributed by atoms with van der Waals surface area (Å²) in [5.41, 5.74) is 8.31. The van der Waals surface area contributed by atoms with E-state index in [1.165, 1.54) is 0 Å². The van der Waals surface area contributed by atoms with E-state index in [1.54, 1.807) is 12.1 Å². The van der Waals surface area contributed by atoms with E-state index in [0.29, 0.717) is 57.2 Å². The first kappa shape index (κ1) is 31.8. The number of fused-ring (bicyclic) bond motifs is 3. The van der Waals surface area contributed by atoms with Crippen LogP contribution in [0.1, 0.15) is 118 Å². The van der Waals surface area contributed by atoms with Crippen LogP contribution in [0.2, 0.25) is 0 Å². The minimum Gasteiger partial charge on any atom is -0.507 e. The molecule has 0 atom stereocenters. The zero-order valence-corrected chi connectivity index (χ0v) is 27.7. The van der Waals surface area contributed by atoms with Crippen LogP contribution in [0.15, 0.2) is 24.3 Å². The van der Waals surface area contributed by atoms with Crippen LogP contribution in [0.3, 0.4) is 0 Å². The Morgan fingerprint density at radius 2 is 0.952 bits per heavy atom. The Kier molecular flexibility index (Phi) is 8.74. The number of aromatic hydroxyl groups is 2. The van der Waals surface area contributed by atoms with Crippen molar-refractivity contribution in [2.75, 3.05) is 0 Å². The zero-order valence-electron chi connectivity index (χ0n) is 26.1. The molecule has 0 unspecified atom stereocenters. The molecule has 0 amide bonds. The molecular formula is C34H40O6S2. The second-order valence-electron chi connectivity index (χ2n) is 13.2. The van der Waals surface area contributed by atoms with Crippen molar-refractivity contribution >= 4 is 34.1 Å². The first-order valence-corrected chi connectivity index (χ1v) is 16.0. The van der Waals surface area contributed by atoms with Gasteiger partial charge in [0.2, 0.25) is 0 Å². The molecule has 2 N–H and O–H groups in total. The summed E-state index contributed by atoms with van der Waals surface area (Å²) in [6.07, 6.45) is 0.580. The number of phenolic OH excluding ortho intramolecular Hbond substituents is 2. The van der Waals surface area contributed by atoms with E-state index in [9.17, 15) is 19.8 Å². The van der Waals surface area contributed by atoms with Crippen LogP contribution >= 0.6 is 22.1 Å². The van der Waals surface area contributed by atoms with Crippen molar-refractivity contribution in [2.45, 2.75) is 92.9 Å². The lowest BCUT2D eigenvalue weighted by molar-refractivity contribution is 0.0745. The summed E-state index contributed by atoms with van der Waals surface area (Å²) in [5, 5.41) is 22.5. The maximum Gasteiger partial charge on any atom is 0.351 e. The van der Waals surface area contributed by atoms with Gasteiger partial charge in [0.15, 0.2) is 22.1 Å². The van der Waals surface area contributed by atoms with E-state index in [0.717, 1.165) is 44.5 Å². The molecule has 0 saturated heterocycles. The third-order valence-electron chi connectivity index (χ3n) is 8.24. The third kappa shape index (κ3) is 6.02. The highest BCUT2D eigenvalue weighted by atomic mass is 33.1. The number of carbonyl (C=O) groups excluding carboxylic acids is 2. The molecule has 3 aromatic rings. The first-order chi connectivity index (χ1) is 19.4. The predicted molar refractivity (Wildman–Crippen MR) is 171 cm³/mol. The number of rotatable bonds is 4. The second kappa shape index (κ2) is 11.5. The third-order valence-corrected chi connectivity index (χ3v) is 9.31. The van der Waals surface area contributed by atoms with Gasteiger partial charge in [-0.15, -0.1) is 0 Å². The van der Waals surface area contributed by atoms with Gasteiger partial charge in [-0.25, -0.2) is 9.59 Å². The van der Waals surface area contributed by atoms with Gasteiger partial charge in [0.25, 0.3) is 0 Å². The minimum atomic E-state index is -0.543. The fourth-order valence-electron chi connectivity index (χ4n) is 5.72. The van der Waals surface area contributed by atoms with E-state index in [2.05, 4.69) is 41.5 Å². The van der Waals surface area contributed by atoms with Crippen molar-refractivity contribution in [1.82, 2.24) is 0 Å². The lowest BCUT2D eigenvalue weighted by Crippen LogP contribution is -2.18. The molecule has 0 radical (unpaired) electrons. The summed E-state index contributed by atoms with van der Waals surface area (Å²) < 4.78 is 10.7. The topological polar surface area (TPSA) is 93.1 Å². The molecule has 3 aromatic carbocycles. The Balaban J connectivity index is 2.00. The van der Waals surface area contributed by atoms with Gasteiger partial charge in [-0.3, -0.25) is 0 Å². The Labute approximate surface area is 257 Å². The number of aryl methyl sites for hydroxylation is 2. The second-order valence-corrected chi connectivity index (χ2v) is 14.7. The standard InChI is InChI=1S/C34H40O6S2/c1-17-13-27(33(5,6)7)29(35)19(3)23(17)15-25-21-11-12-22(32(38)40-42-41-39-31(21)37)26(25)16-24-18(2)14-28(34(8,9)10)30(36)20(24)4/h11-14,35-36H,15-16H2,1-10H3. The van der Waals surface area contributed by atoms with Gasteiger partial charge in [0.1, 0.15) is 11.5 Å². The molecule has 0 aliphatic carbocycles. The minimum absolute atomic E-state index is 0.229. The van der Waals surface area contributed by atoms with Crippen molar-refractivity contribution in [3.63, 3.8) is 0 Å². The lowest BCUT2D eigenvalue weighted by atomic mass is 9.79. The van der Waals surface area contributed by atoms with Crippen molar-refractivity contribution in [2.24, 2.45) is 0 Å². The van der Waals surface area contributed by atoms with E-state index < -0.39 is 11.9 Å². The van der Waals surface area contributed by atoms with Crippen molar-refractivity contribution in [3.8, 4) is 11.5 Å². The normalized spacial score (nSPS) is 14.1. The monoisotopic (exact) mass is 608 g/mol. The number of hydrogen-bond donors (Lipinski definition) is 2. The predicted octanol–water partition coefficient (Wildman–Crippen LogP) is 8.65. The molecule has 2 bridgehead atoms. The van der Waals surface area contributed by atoms with Crippen LogP contribution in [-0.4, -0.2) is 22.2 Å². The van der Waals surface area contributed by atoms with Gasteiger partial charge >= 0.3 is 11.9 Å². The van der Waals surface area contributed by atoms with Gasteiger partial charge in [-0.1, -0.05) is 53.7 Å². The summed E-state index contributed by atoms with van der Waals surface area (Å²) in [7, 11) is 0. The van der Waals surface area contributed by atoms with Gasteiger partial charge in [0.05, 0.1) is 11.1 Å². The molecule has 6 nitrogen and oxygen atoms in total. The number of carbonyl (C=O) groups is 2. The largest absolute Gasteiger partial charge is 0.507 e.